The molecule has 0 bridgehead atoms. The van der Waals surface area contributed by atoms with Crippen molar-refractivity contribution in [3.05, 3.63) is 106 Å². The molecule has 0 fully saturated rings. The van der Waals surface area contributed by atoms with E-state index >= 15 is 0 Å². The number of carbonyl (C=O) groups is 1. The molecule has 2 heterocycles. The zero-order valence-corrected chi connectivity index (χ0v) is 16.0. The highest BCUT2D eigenvalue weighted by molar-refractivity contribution is 5.94. The maximum atomic E-state index is 12.6. The first-order valence-electron chi connectivity index (χ1n) is 9.35. The first-order valence-corrected chi connectivity index (χ1v) is 9.35. The quantitative estimate of drug-likeness (QED) is 0.574. The average Bonchev–Trinajstić information content (AvgIpc) is 2.76. The number of aromatic nitrogens is 3. The maximum Gasteiger partial charge on any atom is 0.272 e. The van der Waals surface area contributed by atoms with E-state index in [0.29, 0.717) is 24.3 Å². The van der Waals surface area contributed by atoms with Crippen molar-refractivity contribution < 1.29 is 4.79 Å². The number of nitrogens with one attached hydrogen (secondary N) is 1. The molecular formula is C23H20N4O2. The minimum absolute atomic E-state index is 0.110. The molecule has 0 saturated carbocycles. The third-order valence-electron chi connectivity index (χ3n) is 4.73. The summed E-state index contributed by atoms with van der Waals surface area (Å²) in [5.41, 5.74) is 4.24. The van der Waals surface area contributed by atoms with Crippen molar-refractivity contribution in [2.24, 2.45) is 0 Å². The number of rotatable bonds is 5. The first kappa shape index (κ1) is 18.6. The number of fused-ring (bicyclic) bond motifs is 1. The Morgan fingerprint density at radius 1 is 1.00 bits per heavy atom. The fraction of sp³-hybridized carbons (Fsp3) is 0.130. The summed E-state index contributed by atoms with van der Waals surface area (Å²) in [6, 6.07) is 20.4. The van der Waals surface area contributed by atoms with Gasteiger partial charge in [-0.2, -0.15) is 0 Å². The standard InChI is InChI=1S/C23H20N4O2/c1-16-23(29)27(21-8-3-2-7-20(21)26-16)15-17-9-11-18(12-10-17)22(28)25-14-19-6-4-5-13-24-19/h2-13H,14-15H2,1H3,(H,25,28). The van der Waals surface area contributed by atoms with Crippen LogP contribution in [0, 0.1) is 6.92 Å². The van der Waals surface area contributed by atoms with Crippen LogP contribution in [0.1, 0.15) is 27.3 Å². The number of hydrogen-bond donors (Lipinski definition) is 1. The van der Waals surface area contributed by atoms with Gasteiger partial charge >= 0.3 is 0 Å². The van der Waals surface area contributed by atoms with Crippen LogP contribution in [0.3, 0.4) is 0 Å². The van der Waals surface area contributed by atoms with Crippen LogP contribution >= 0.6 is 0 Å². The predicted molar refractivity (Wildman–Crippen MR) is 112 cm³/mol. The molecule has 1 N–H and O–H groups in total. The van der Waals surface area contributed by atoms with Gasteiger partial charge in [-0.15, -0.1) is 0 Å². The molecule has 0 atom stereocenters. The molecule has 0 saturated heterocycles. The summed E-state index contributed by atoms with van der Waals surface area (Å²) >= 11 is 0. The Balaban J connectivity index is 1.52. The lowest BCUT2D eigenvalue weighted by Crippen LogP contribution is -2.25. The van der Waals surface area contributed by atoms with Crippen LogP contribution in [0.5, 0.6) is 0 Å². The summed E-state index contributed by atoms with van der Waals surface area (Å²) in [5, 5.41) is 2.86. The van der Waals surface area contributed by atoms with Gasteiger partial charge in [-0.1, -0.05) is 30.3 Å². The third kappa shape index (κ3) is 4.06. The zero-order valence-electron chi connectivity index (χ0n) is 16.0. The van der Waals surface area contributed by atoms with E-state index in [2.05, 4.69) is 15.3 Å². The summed E-state index contributed by atoms with van der Waals surface area (Å²) in [6.45, 7) is 2.51. The Morgan fingerprint density at radius 3 is 2.52 bits per heavy atom. The van der Waals surface area contributed by atoms with E-state index in [1.54, 1.807) is 29.8 Å². The number of carbonyl (C=O) groups excluding carboxylic acids is 1. The maximum absolute atomic E-state index is 12.6. The Labute approximate surface area is 167 Å². The molecule has 6 nitrogen and oxygen atoms in total. The molecule has 2 aromatic carbocycles. The van der Waals surface area contributed by atoms with Crippen LogP contribution in [-0.4, -0.2) is 20.4 Å². The SMILES string of the molecule is Cc1nc2ccccc2n(Cc2ccc(C(=O)NCc3ccccn3)cc2)c1=O. The zero-order chi connectivity index (χ0) is 20.2. The summed E-state index contributed by atoms with van der Waals surface area (Å²) in [5.74, 6) is -0.162. The third-order valence-corrected chi connectivity index (χ3v) is 4.73. The van der Waals surface area contributed by atoms with E-state index in [-0.39, 0.29) is 11.5 Å². The van der Waals surface area contributed by atoms with Gasteiger partial charge in [0.15, 0.2) is 0 Å². The van der Waals surface area contributed by atoms with Crippen molar-refractivity contribution in [3.8, 4) is 0 Å². The lowest BCUT2D eigenvalue weighted by Gasteiger charge is -2.11. The molecule has 0 aliphatic carbocycles. The van der Waals surface area contributed by atoms with Crippen LogP contribution in [-0.2, 0) is 13.1 Å². The van der Waals surface area contributed by atoms with Crippen molar-refractivity contribution in [2.75, 3.05) is 0 Å². The minimum Gasteiger partial charge on any atom is -0.346 e. The smallest absolute Gasteiger partial charge is 0.272 e. The summed E-state index contributed by atoms with van der Waals surface area (Å²) < 4.78 is 1.72. The molecule has 0 aliphatic rings. The Morgan fingerprint density at radius 2 is 1.76 bits per heavy atom. The summed E-state index contributed by atoms with van der Waals surface area (Å²) in [7, 11) is 0. The van der Waals surface area contributed by atoms with Gasteiger partial charge in [-0.25, -0.2) is 4.98 Å². The van der Waals surface area contributed by atoms with Gasteiger partial charge in [0, 0.05) is 11.8 Å². The first-order chi connectivity index (χ1) is 14.1. The lowest BCUT2D eigenvalue weighted by atomic mass is 10.1. The molecular weight excluding hydrogens is 364 g/mol. The normalized spacial score (nSPS) is 10.8. The second-order valence-electron chi connectivity index (χ2n) is 6.78. The molecule has 6 heteroatoms. The Kier molecular flexibility index (Phi) is 5.16. The van der Waals surface area contributed by atoms with Crippen LogP contribution in [0.2, 0.25) is 0 Å². The van der Waals surface area contributed by atoms with Gasteiger partial charge in [0.2, 0.25) is 0 Å². The second kappa shape index (κ2) is 8.06. The van der Waals surface area contributed by atoms with Gasteiger partial charge in [-0.05, 0) is 48.9 Å². The molecule has 0 radical (unpaired) electrons. The summed E-state index contributed by atoms with van der Waals surface area (Å²) in [4.78, 5) is 33.5. The van der Waals surface area contributed by atoms with Crippen LogP contribution in [0.4, 0.5) is 0 Å². The highest BCUT2D eigenvalue weighted by atomic mass is 16.1. The van der Waals surface area contributed by atoms with Gasteiger partial charge in [0.05, 0.1) is 29.8 Å². The fourth-order valence-corrected chi connectivity index (χ4v) is 3.20. The van der Waals surface area contributed by atoms with Crippen molar-refractivity contribution in [1.29, 1.82) is 0 Å². The molecule has 29 heavy (non-hydrogen) atoms. The number of benzene rings is 2. The molecule has 0 spiro atoms. The van der Waals surface area contributed by atoms with Crippen molar-refractivity contribution in [2.45, 2.75) is 20.0 Å². The Bertz CT molecular complexity index is 1220. The fourth-order valence-electron chi connectivity index (χ4n) is 3.20. The van der Waals surface area contributed by atoms with E-state index < -0.39 is 0 Å². The van der Waals surface area contributed by atoms with E-state index in [1.807, 2.05) is 54.6 Å². The number of pyridine rings is 1. The van der Waals surface area contributed by atoms with Crippen LogP contribution in [0.25, 0.3) is 11.0 Å². The van der Waals surface area contributed by atoms with Crippen LogP contribution in [0.15, 0.2) is 77.7 Å². The number of hydrogen-bond acceptors (Lipinski definition) is 4. The monoisotopic (exact) mass is 384 g/mol. The van der Waals surface area contributed by atoms with Crippen molar-refractivity contribution in [3.63, 3.8) is 0 Å². The second-order valence-corrected chi connectivity index (χ2v) is 6.78. The molecule has 2 aromatic heterocycles. The van der Waals surface area contributed by atoms with E-state index in [0.717, 1.165) is 22.3 Å². The number of nitrogens with zero attached hydrogens (tertiary/aromatic N) is 3. The van der Waals surface area contributed by atoms with Crippen molar-refractivity contribution in [1.82, 2.24) is 19.9 Å². The van der Waals surface area contributed by atoms with Crippen molar-refractivity contribution >= 4 is 16.9 Å². The Hall–Kier alpha value is -3.80. The number of amides is 1. The lowest BCUT2D eigenvalue weighted by molar-refractivity contribution is 0.0950. The van der Waals surface area contributed by atoms with Gasteiger partial charge in [0.1, 0.15) is 5.69 Å². The minimum atomic E-state index is -0.162. The predicted octanol–water partition coefficient (Wildman–Crippen LogP) is 3.08. The largest absolute Gasteiger partial charge is 0.346 e. The molecule has 4 rings (SSSR count). The molecule has 4 aromatic rings. The van der Waals surface area contributed by atoms with E-state index in [4.69, 9.17) is 0 Å². The van der Waals surface area contributed by atoms with Gasteiger partial charge < -0.3 is 9.88 Å². The molecule has 0 aliphatic heterocycles. The van der Waals surface area contributed by atoms with E-state index in [9.17, 15) is 9.59 Å². The van der Waals surface area contributed by atoms with Crippen LogP contribution < -0.4 is 10.9 Å². The molecule has 144 valence electrons. The highest BCUT2D eigenvalue weighted by Gasteiger charge is 2.10. The van der Waals surface area contributed by atoms with Gasteiger partial charge in [-0.3, -0.25) is 14.6 Å². The molecule has 1 amide bonds. The molecule has 0 unspecified atom stereocenters. The van der Waals surface area contributed by atoms with E-state index in [1.165, 1.54) is 0 Å². The number of aryl methyl sites for hydroxylation is 1. The number of para-hydroxylation sites is 2. The summed E-state index contributed by atoms with van der Waals surface area (Å²) in [6.07, 6.45) is 1.70. The highest BCUT2D eigenvalue weighted by Crippen LogP contribution is 2.13. The van der Waals surface area contributed by atoms with Gasteiger partial charge in [0.25, 0.3) is 11.5 Å². The average molecular weight is 384 g/mol. The topological polar surface area (TPSA) is 76.9 Å².